The number of amides is 1. The molecule has 0 bridgehead atoms. The average molecular weight is 422 g/mol. The third-order valence-electron chi connectivity index (χ3n) is 5.64. The van der Waals surface area contributed by atoms with Gasteiger partial charge in [-0.3, -0.25) is 14.2 Å². The summed E-state index contributed by atoms with van der Waals surface area (Å²) in [4.78, 5) is 33.2. The zero-order valence-electron chi connectivity index (χ0n) is 17.7. The second kappa shape index (κ2) is 8.64. The molecule has 1 amide bonds. The lowest BCUT2D eigenvalue weighted by molar-refractivity contribution is -0.131. The van der Waals surface area contributed by atoms with Crippen LogP contribution in [0.15, 0.2) is 52.4 Å². The van der Waals surface area contributed by atoms with Crippen LogP contribution < -0.4 is 5.56 Å². The van der Waals surface area contributed by atoms with Crippen LogP contribution in [0.1, 0.15) is 37.3 Å². The fourth-order valence-electron chi connectivity index (χ4n) is 4.04. The van der Waals surface area contributed by atoms with E-state index in [9.17, 15) is 9.59 Å². The maximum atomic E-state index is 13.5. The van der Waals surface area contributed by atoms with Crippen LogP contribution in [0, 0.1) is 13.8 Å². The number of rotatable bonds is 4. The Morgan fingerprint density at radius 1 is 1.07 bits per heavy atom. The van der Waals surface area contributed by atoms with Crippen LogP contribution in [0.5, 0.6) is 0 Å². The van der Waals surface area contributed by atoms with Gasteiger partial charge in [0.05, 0.1) is 21.8 Å². The average Bonchev–Trinajstić information content (AvgIpc) is 2.75. The minimum Gasteiger partial charge on any atom is -0.342 e. The summed E-state index contributed by atoms with van der Waals surface area (Å²) in [7, 11) is 0. The molecule has 4 rings (SSSR count). The highest BCUT2D eigenvalue weighted by Gasteiger charge is 2.25. The Hall–Kier alpha value is -2.60. The highest BCUT2D eigenvalue weighted by Crippen LogP contribution is 2.28. The minimum absolute atomic E-state index is 0.104. The quantitative estimate of drug-likeness (QED) is 0.460. The molecule has 1 saturated heterocycles. The number of carbonyl (C=O) groups excluding carboxylic acids is 1. The predicted octanol–water partition coefficient (Wildman–Crippen LogP) is 4.50. The number of carbonyl (C=O) groups is 1. The normalized spacial score (nSPS) is 15.4. The number of benzene rings is 2. The van der Waals surface area contributed by atoms with Crippen LogP contribution in [0.4, 0.5) is 0 Å². The topological polar surface area (TPSA) is 55.2 Å². The van der Waals surface area contributed by atoms with Gasteiger partial charge in [0.25, 0.3) is 5.56 Å². The van der Waals surface area contributed by atoms with E-state index in [0.29, 0.717) is 16.1 Å². The Morgan fingerprint density at radius 3 is 2.53 bits per heavy atom. The van der Waals surface area contributed by atoms with Crippen molar-refractivity contribution in [3.8, 4) is 5.69 Å². The molecule has 3 aromatic rings. The van der Waals surface area contributed by atoms with E-state index in [1.807, 2.05) is 56.0 Å². The van der Waals surface area contributed by atoms with Crippen LogP contribution in [0.25, 0.3) is 16.6 Å². The number of aryl methyl sites for hydroxylation is 2. The van der Waals surface area contributed by atoms with Crippen molar-refractivity contribution in [3.63, 3.8) is 0 Å². The molecule has 2 aromatic carbocycles. The lowest BCUT2D eigenvalue weighted by Gasteiger charge is -2.29. The van der Waals surface area contributed by atoms with Crippen molar-refractivity contribution >= 4 is 28.6 Å². The van der Waals surface area contributed by atoms with Gasteiger partial charge in [0.2, 0.25) is 5.91 Å². The zero-order valence-corrected chi connectivity index (χ0v) is 18.5. The molecule has 0 saturated carbocycles. The minimum atomic E-state index is -0.312. The van der Waals surface area contributed by atoms with Crippen molar-refractivity contribution in [1.82, 2.24) is 14.5 Å². The Labute approximate surface area is 181 Å². The SMILES string of the molecule is Cc1ccc(-n2c(S[C@H](C)C(=O)N3CCCCC3)nc3ccccc3c2=O)c(C)c1. The molecule has 0 N–H and O–H groups in total. The summed E-state index contributed by atoms with van der Waals surface area (Å²) in [6.45, 7) is 7.58. The molecule has 1 aliphatic rings. The summed E-state index contributed by atoms with van der Waals surface area (Å²) in [6, 6.07) is 13.4. The van der Waals surface area contributed by atoms with Crippen molar-refractivity contribution in [1.29, 1.82) is 0 Å². The zero-order chi connectivity index (χ0) is 21.3. The highest BCUT2D eigenvalue weighted by atomic mass is 32.2. The Morgan fingerprint density at radius 2 is 1.80 bits per heavy atom. The summed E-state index contributed by atoms with van der Waals surface area (Å²) < 4.78 is 1.67. The molecule has 156 valence electrons. The molecule has 2 heterocycles. The summed E-state index contributed by atoms with van der Waals surface area (Å²) >= 11 is 1.37. The van der Waals surface area contributed by atoms with Crippen LogP contribution in [-0.2, 0) is 4.79 Å². The molecular formula is C24H27N3O2S. The third-order valence-corrected chi connectivity index (χ3v) is 6.68. The molecule has 6 heteroatoms. The van der Waals surface area contributed by atoms with E-state index in [4.69, 9.17) is 4.98 Å². The van der Waals surface area contributed by atoms with Gasteiger partial charge in [-0.25, -0.2) is 4.98 Å². The molecule has 1 aliphatic heterocycles. The lowest BCUT2D eigenvalue weighted by atomic mass is 10.1. The number of nitrogens with zero attached hydrogens (tertiary/aromatic N) is 3. The monoisotopic (exact) mass is 421 g/mol. The highest BCUT2D eigenvalue weighted by molar-refractivity contribution is 8.00. The number of fused-ring (bicyclic) bond motifs is 1. The lowest BCUT2D eigenvalue weighted by Crippen LogP contribution is -2.40. The van der Waals surface area contributed by atoms with E-state index >= 15 is 0 Å². The molecule has 0 radical (unpaired) electrons. The van der Waals surface area contributed by atoms with E-state index in [1.165, 1.54) is 18.2 Å². The van der Waals surface area contributed by atoms with Crippen LogP contribution in [-0.4, -0.2) is 38.7 Å². The smallest absolute Gasteiger partial charge is 0.266 e. The fraction of sp³-hybridized carbons (Fsp3) is 0.375. The van der Waals surface area contributed by atoms with Gasteiger partial charge in [-0.05, 0) is 63.8 Å². The van der Waals surface area contributed by atoms with Gasteiger partial charge in [-0.1, -0.05) is 41.6 Å². The van der Waals surface area contributed by atoms with Gasteiger partial charge >= 0.3 is 0 Å². The first-order chi connectivity index (χ1) is 14.5. The Bertz CT molecular complexity index is 1150. The number of thioether (sulfide) groups is 1. The van der Waals surface area contributed by atoms with Gasteiger partial charge < -0.3 is 4.90 Å². The molecule has 1 fully saturated rings. The van der Waals surface area contributed by atoms with Crippen LogP contribution in [0.2, 0.25) is 0 Å². The Kier molecular flexibility index (Phi) is 5.95. The molecular weight excluding hydrogens is 394 g/mol. The van der Waals surface area contributed by atoms with Gasteiger partial charge in [-0.15, -0.1) is 0 Å². The number of likely N-dealkylation sites (tertiary alicyclic amines) is 1. The Balaban J connectivity index is 1.79. The maximum absolute atomic E-state index is 13.5. The van der Waals surface area contributed by atoms with Crippen molar-refractivity contribution in [3.05, 3.63) is 63.9 Å². The van der Waals surface area contributed by atoms with E-state index in [1.54, 1.807) is 10.6 Å². The molecule has 1 aromatic heterocycles. The van der Waals surface area contributed by atoms with Gasteiger partial charge in [0.15, 0.2) is 5.16 Å². The predicted molar refractivity (Wildman–Crippen MR) is 123 cm³/mol. The summed E-state index contributed by atoms with van der Waals surface area (Å²) in [5, 5.41) is 0.827. The number of para-hydroxylation sites is 1. The largest absolute Gasteiger partial charge is 0.342 e. The van der Waals surface area contributed by atoms with E-state index in [0.717, 1.165) is 42.7 Å². The second-order valence-electron chi connectivity index (χ2n) is 7.99. The standard InChI is InChI=1S/C24H27N3O2S/c1-16-11-12-21(17(2)15-16)27-23(29)19-9-5-6-10-20(19)25-24(27)30-18(3)22(28)26-13-7-4-8-14-26/h5-6,9-12,15,18H,4,7-8,13-14H2,1-3H3/t18-/m1/s1. The van der Waals surface area contributed by atoms with Crippen LogP contribution in [0.3, 0.4) is 0 Å². The first kappa shape index (κ1) is 20.7. The molecule has 0 spiro atoms. The van der Waals surface area contributed by atoms with E-state index < -0.39 is 0 Å². The summed E-state index contributed by atoms with van der Waals surface area (Å²) in [5.41, 5.74) is 3.51. The molecule has 0 aliphatic carbocycles. The number of piperidine rings is 1. The first-order valence-corrected chi connectivity index (χ1v) is 11.4. The number of hydrogen-bond donors (Lipinski definition) is 0. The number of hydrogen-bond acceptors (Lipinski definition) is 4. The fourth-order valence-corrected chi connectivity index (χ4v) is 5.04. The molecule has 5 nitrogen and oxygen atoms in total. The van der Waals surface area contributed by atoms with E-state index in [2.05, 4.69) is 6.07 Å². The van der Waals surface area contributed by atoms with Crippen molar-refractivity contribution in [2.45, 2.75) is 50.4 Å². The van der Waals surface area contributed by atoms with Gasteiger partial charge in [-0.2, -0.15) is 0 Å². The number of aromatic nitrogens is 2. The molecule has 0 unspecified atom stereocenters. The van der Waals surface area contributed by atoms with E-state index in [-0.39, 0.29) is 16.7 Å². The summed E-state index contributed by atoms with van der Waals surface area (Å²) in [6.07, 6.45) is 3.30. The molecule has 30 heavy (non-hydrogen) atoms. The summed E-state index contributed by atoms with van der Waals surface area (Å²) in [5.74, 6) is 0.120. The molecule has 1 atom stereocenters. The van der Waals surface area contributed by atoms with Crippen molar-refractivity contribution in [2.24, 2.45) is 0 Å². The van der Waals surface area contributed by atoms with Crippen LogP contribution >= 0.6 is 11.8 Å². The van der Waals surface area contributed by atoms with Gasteiger partial charge in [0.1, 0.15) is 0 Å². The first-order valence-electron chi connectivity index (χ1n) is 10.5. The maximum Gasteiger partial charge on any atom is 0.266 e. The van der Waals surface area contributed by atoms with Gasteiger partial charge in [0, 0.05) is 13.1 Å². The second-order valence-corrected chi connectivity index (χ2v) is 9.30. The third kappa shape index (κ3) is 4.01. The van der Waals surface area contributed by atoms with Crippen molar-refractivity contribution in [2.75, 3.05) is 13.1 Å². The van der Waals surface area contributed by atoms with Crippen molar-refractivity contribution < 1.29 is 4.79 Å².